The molecule has 130 valence electrons. The number of carbonyl (C=O) groups is 3. The molecular weight excluding hydrogens is 315 g/mol. The van der Waals surface area contributed by atoms with Crippen LogP contribution in [0.3, 0.4) is 0 Å². The van der Waals surface area contributed by atoms with E-state index in [4.69, 9.17) is 5.11 Å². The second kappa shape index (κ2) is 7.42. The zero-order valence-electron chi connectivity index (χ0n) is 13.7. The Morgan fingerprint density at radius 2 is 2.08 bits per heavy atom. The van der Waals surface area contributed by atoms with Gasteiger partial charge in [0.2, 0.25) is 5.91 Å². The van der Waals surface area contributed by atoms with Crippen LogP contribution in [-0.2, 0) is 9.59 Å². The highest BCUT2D eigenvalue weighted by atomic mass is 19.1. The Bertz CT molecular complexity index is 660. The lowest BCUT2D eigenvalue weighted by atomic mass is 10.1. The van der Waals surface area contributed by atoms with Crippen molar-refractivity contribution in [2.75, 3.05) is 11.9 Å². The summed E-state index contributed by atoms with van der Waals surface area (Å²) in [6, 6.07) is 2.89. The summed E-state index contributed by atoms with van der Waals surface area (Å²) in [7, 11) is 0. The largest absolute Gasteiger partial charge is 0.480 e. The molecule has 24 heavy (non-hydrogen) atoms. The molecule has 1 aliphatic heterocycles. The van der Waals surface area contributed by atoms with Crippen LogP contribution in [0.2, 0.25) is 0 Å². The van der Waals surface area contributed by atoms with Crippen LogP contribution in [0.5, 0.6) is 0 Å². The van der Waals surface area contributed by atoms with Gasteiger partial charge < -0.3 is 15.3 Å². The van der Waals surface area contributed by atoms with Crippen molar-refractivity contribution in [3.8, 4) is 0 Å². The Morgan fingerprint density at radius 3 is 2.67 bits per heavy atom. The molecule has 0 bridgehead atoms. The average Bonchev–Trinajstić information content (AvgIpc) is 2.97. The molecule has 1 heterocycles. The fraction of sp³-hybridized carbons (Fsp3) is 0.471. The van der Waals surface area contributed by atoms with E-state index in [1.54, 1.807) is 0 Å². The van der Waals surface area contributed by atoms with Crippen molar-refractivity contribution in [3.05, 3.63) is 29.6 Å². The maximum Gasteiger partial charge on any atom is 0.326 e. The lowest BCUT2D eigenvalue weighted by Gasteiger charge is -2.21. The summed E-state index contributed by atoms with van der Waals surface area (Å²) < 4.78 is 14.1. The van der Waals surface area contributed by atoms with E-state index in [2.05, 4.69) is 5.32 Å². The number of carbonyl (C=O) groups excluding carboxylic acids is 2. The van der Waals surface area contributed by atoms with Crippen molar-refractivity contribution in [1.29, 1.82) is 0 Å². The number of hydrogen-bond donors (Lipinski definition) is 2. The zero-order valence-corrected chi connectivity index (χ0v) is 13.7. The standard InChI is InChI=1S/C17H21FN2O4/c1-10(2)8-15(21)19-13-6-5-11(9-12(13)18)16(22)20-7-3-4-14(20)17(23)24/h5-6,9-10,14H,3-4,7-8H2,1-2H3,(H,19,21)(H,23,24)/t14-/m1/s1. The van der Waals surface area contributed by atoms with Crippen LogP contribution in [-0.4, -0.2) is 40.4 Å². The van der Waals surface area contributed by atoms with Crippen LogP contribution < -0.4 is 5.32 Å². The van der Waals surface area contributed by atoms with Gasteiger partial charge in [0.05, 0.1) is 5.69 Å². The first kappa shape index (κ1) is 17.9. The van der Waals surface area contributed by atoms with Crippen LogP contribution >= 0.6 is 0 Å². The lowest BCUT2D eigenvalue weighted by Crippen LogP contribution is -2.40. The lowest BCUT2D eigenvalue weighted by molar-refractivity contribution is -0.141. The van der Waals surface area contributed by atoms with Crippen molar-refractivity contribution in [2.45, 2.75) is 39.2 Å². The van der Waals surface area contributed by atoms with Crippen LogP contribution in [0.15, 0.2) is 18.2 Å². The van der Waals surface area contributed by atoms with Gasteiger partial charge in [0.1, 0.15) is 11.9 Å². The molecule has 2 rings (SSSR count). The fourth-order valence-electron chi connectivity index (χ4n) is 2.75. The molecule has 0 unspecified atom stereocenters. The summed E-state index contributed by atoms with van der Waals surface area (Å²) in [6.07, 6.45) is 1.27. The predicted octanol–water partition coefficient (Wildman–Crippen LogP) is 2.50. The molecule has 1 aliphatic rings. The Kier molecular flexibility index (Phi) is 5.54. The van der Waals surface area contributed by atoms with Crippen molar-refractivity contribution in [2.24, 2.45) is 5.92 Å². The van der Waals surface area contributed by atoms with E-state index in [1.807, 2.05) is 13.8 Å². The third kappa shape index (κ3) is 4.10. The Morgan fingerprint density at radius 1 is 1.38 bits per heavy atom. The van der Waals surface area contributed by atoms with E-state index >= 15 is 0 Å². The Hall–Kier alpha value is -2.44. The van der Waals surface area contributed by atoms with Gasteiger partial charge in [-0.3, -0.25) is 9.59 Å². The highest BCUT2D eigenvalue weighted by Gasteiger charge is 2.34. The topological polar surface area (TPSA) is 86.7 Å². The van der Waals surface area contributed by atoms with E-state index in [-0.39, 0.29) is 29.5 Å². The molecule has 0 spiro atoms. The normalized spacial score (nSPS) is 17.2. The number of rotatable bonds is 5. The number of anilines is 1. The van der Waals surface area contributed by atoms with Gasteiger partial charge in [-0.05, 0) is 37.0 Å². The minimum absolute atomic E-state index is 0.00778. The number of benzene rings is 1. The first-order chi connectivity index (χ1) is 11.3. The van der Waals surface area contributed by atoms with E-state index < -0.39 is 23.7 Å². The first-order valence-electron chi connectivity index (χ1n) is 7.92. The van der Waals surface area contributed by atoms with Gasteiger partial charge in [-0.15, -0.1) is 0 Å². The van der Waals surface area contributed by atoms with Crippen LogP contribution in [0, 0.1) is 11.7 Å². The smallest absolute Gasteiger partial charge is 0.326 e. The quantitative estimate of drug-likeness (QED) is 0.865. The van der Waals surface area contributed by atoms with E-state index in [1.165, 1.54) is 17.0 Å². The van der Waals surface area contributed by atoms with Gasteiger partial charge in [0, 0.05) is 18.5 Å². The average molecular weight is 336 g/mol. The number of hydrogen-bond acceptors (Lipinski definition) is 3. The zero-order chi connectivity index (χ0) is 17.9. The van der Waals surface area contributed by atoms with E-state index in [0.717, 1.165) is 6.07 Å². The van der Waals surface area contributed by atoms with Gasteiger partial charge in [-0.25, -0.2) is 9.18 Å². The molecule has 0 aliphatic carbocycles. The van der Waals surface area contributed by atoms with Crippen LogP contribution in [0.4, 0.5) is 10.1 Å². The molecule has 0 saturated carbocycles. The summed E-state index contributed by atoms with van der Waals surface area (Å²) in [5.41, 5.74) is 0.0796. The first-order valence-corrected chi connectivity index (χ1v) is 7.92. The molecule has 6 nitrogen and oxygen atoms in total. The highest BCUT2D eigenvalue weighted by molar-refractivity contribution is 5.98. The molecule has 2 N–H and O–H groups in total. The number of aliphatic carboxylic acids is 1. The van der Waals surface area contributed by atoms with Gasteiger partial charge in [0.25, 0.3) is 5.91 Å². The van der Waals surface area contributed by atoms with Crippen molar-refractivity contribution >= 4 is 23.5 Å². The SMILES string of the molecule is CC(C)CC(=O)Nc1ccc(C(=O)N2CCC[C@@H]2C(=O)O)cc1F. The monoisotopic (exact) mass is 336 g/mol. The van der Waals surface area contributed by atoms with Crippen molar-refractivity contribution in [1.82, 2.24) is 4.90 Å². The van der Waals surface area contributed by atoms with Gasteiger partial charge in [-0.1, -0.05) is 13.8 Å². The summed E-state index contributed by atoms with van der Waals surface area (Å²) >= 11 is 0. The molecule has 7 heteroatoms. The molecule has 1 aromatic rings. The third-order valence-electron chi connectivity index (χ3n) is 3.88. The number of carboxylic acids is 1. The fourth-order valence-corrected chi connectivity index (χ4v) is 2.75. The number of nitrogens with one attached hydrogen (secondary N) is 1. The number of halogens is 1. The highest BCUT2D eigenvalue weighted by Crippen LogP contribution is 2.23. The molecule has 1 aromatic carbocycles. The summed E-state index contributed by atoms with van der Waals surface area (Å²) in [5, 5.41) is 11.6. The Labute approximate surface area is 139 Å². The molecule has 1 saturated heterocycles. The maximum atomic E-state index is 14.1. The van der Waals surface area contributed by atoms with Gasteiger partial charge in [0.15, 0.2) is 0 Å². The number of carboxylic acid groups (broad SMARTS) is 1. The summed E-state index contributed by atoms with van der Waals surface area (Å²) in [4.78, 5) is 36.5. The number of likely N-dealkylation sites (tertiary alicyclic amines) is 1. The second-order valence-electron chi connectivity index (χ2n) is 6.34. The predicted molar refractivity (Wildman–Crippen MR) is 86.2 cm³/mol. The van der Waals surface area contributed by atoms with Crippen molar-refractivity contribution in [3.63, 3.8) is 0 Å². The molecule has 0 radical (unpaired) electrons. The van der Waals surface area contributed by atoms with Gasteiger partial charge in [-0.2, -0.15) is 0 Å². The number of nitrogens with zero attached hydrogens (tertiary/aromatic N) is 1. The molecular formula is C17H21FN2O4. The Balaban J connectivity index is 2.12. The minimum atomic E-state index is -1.06. The van der Waals surface area contributed by atoms with E-state index in [0.29, 0.717) is 19.4 Å². The van der Waals surface area contributed by atoms with E-state index in [9.17, 15) is 18.8 Å². The molecule has 0 aromatic heterocycles. The molecule has 1 atom stereocenters. The third-order valence-corrected chi connectivity index (χ3v) is 3.88. The maximum absolute atomic E-state index is 14.1. The summed E-state index contributed by atoms with van der Waals surface area (Å²) in [5.74, 6) is -2.44. The van der Waals surface area contributed by atoms with Crippen molar-refractivity contribution < 1.29 is 23.9 Å². The van der Waals surface area contributed by atoms with Crippen LogP contribution in [0.25, 0.3) is 0 Å². The molecule has 1 fully saturated rings. The molecule has 2 amide bonds. The number of amides is 2. The summed E-state index contributed by atoms with van der Waals surface area (Å²) in [6.45, 7) is 4.10. The minimum Gasteiger partial charge on any atom is -0.480 e. The van der Waals surface area contributed by atoms with Gasteiger partial charge >= 0.3 is 5.97 Å². The van der Waals surface area contributed by atoms with Crippen LogP contribution in [0.1, 0.15) is 43.5 Å². The second-order valence-corrected chi connectivity index (χ2v) is 6.34.